The van der Waals surface area contributed by atoms with E-state index in [2.05, 4.69) is 16.9 Å². The Morgan fingerprint density at radius 1 is 1.35 bits per heavy atom. The molecule has 4 nitrogen and oxygen atoms in total. The highest BCUT2D eigenvalue weighted by atomic mass is 16.5. The van der Waals surface area contributed by atoms with E-state index < -0.39 is 5.97 Å². The third-order valence-electron chi connectivity index (χ3n) is 3.53. The number of para-hydroxylation sites is 1. The minimum atomic E-state index is -0.419. The number of nitrogens with zero attached hydrogens (tertiary/aromatic N) is 1. The standard InChI is InChI=1S/C16H19NO3/c1-12(18)17(11-16(19)20-2)15-10-6-5-9-14(15)13-7-3-4-8-13/h3,5-7,9-10,13H,4,8,11H2,1-2H3. The molecule has 1 amide bonds. The number of hydrogen-bond acceptors (Lipinski definition) is 3. The van der Waals surface area contributed by atoms with E-state index in [9.17, 15) is 9.59 Å². The maximum atomic E-state index is 11.9. The summed E-state index contributed by atoms with van der Waals surface area (Å²) < 4.78 is 4.67. The molecule has 0 spiro atoms. The Hall–Kier alpha value is -2.10. The van der Waals surface area contributed by atoms with Gasteiger partial charge in [-0.25, -0.2) is 0 Å². The average molecular weight is 273 g/mol. The minimum absolute atomic E-state index is 0.0563. The van der Waals surface area contributed by atoms with Gasteiger partial charge in [-0.05, 0) is 24.5 Å². The Kier molecular flexibility index (Phi) is 4.56. The van der Waals surface area contributed by atoms with E-state index in [-0.39, 0.29) is 12.5 Å². The third kappa shape index (κ3) is 3.07. The van der Waals surface area contributed by atoms with Crippen LogP contribution in [0.3, 0.4) is 0 Å². The lowest BCUT2D eigenvalue weighted by atomic mass is 9.96. The largest absolute Gasteiger partial charge is 0.468 e. The molecular formula is C16H19NO3. The van der Waals surface area contributed by atoms with Crippen LogP contribution in [0.15, 0.2) is 36.4 Å². The first-order valence-corrected chi connectivity index (χ1v) is 6.74. The molecule has 0 fully saturated rings. The third-order valence-corrected chi connectivity index (χ3v) is 3.53. The molecule has 0 saturated heterocycles. The molecule has 1 aromatic carbocycles. The Balaban J connectivity index is 2.35. The van der Waals surface area contributed by atoms with E-state index in [1.165, 1.54) is 18.9 Å². The van der Waals surface area contributed by atoms with Crippen LogP contribution in [0, 0.1) is 0 Å². The molecule has 106 valence electrons. The van der Waals surface area contributed by atoms with E-state index in [0.29, 0.717) is 5.92 Å². The zero-order valence-electron chi connectivity index (χ0n) is 11.8. The van der Waals surface area contributed by atoms with Gasteiger partial charge in [0.15, 0.2) is 0 Å². The lowest BCUT2D eigenvalue weighted by molar-refractivity contribution is -0.139. The molecule has 1 aliphatic carbocycles. The molecule has 20 heavy (non-hydrogen) atoms. The van der Waals surface area contributed by atoms with Crippen LogP contribution in [0.4, 0.5) is 5.69 Å². The summed E-state index contributed by atoms with van der Waals surface area (Å²) in [6.45, 7) is 1.41. The summed E-state index contributed by atoms with van der Waals surface area (Å²) in [6.07, 6.45) is 6.41. The fraction of sp³-hybridized carbons (Fsp3) is 0.375. The molecule has 0 radical (unpaired) electrons. The molecule has 0 aliphatic heterocycles. The number of anilines is 1. The number of rotatable bonds is 4. The highest BCUT2D eigenvalue weighted by molar-refractivity contribution is 5.97. The smallest absolute Gasteiger partial charge is 0.325 e. The van der Waals surface area contributed by atoms with Crippen LogP contribution in [-0.4, -0.2) is 25.5 Å². The number of carbonyl (C=O) groups is 2. The molecule has 1 atom stereocenters. The Bertz CT molecular complexity index is 536. The first-order valence-electron chi connectivity index (χ1n) is 6.74. The SMILES string of the molecule is COC(=O)CN(C(C)=O)c1ccccc1C1C=CCC1. The minimum Gasteiger partial charge on any atom is -0.468 e. The van der Waals surface area contributed by atoms with Crippen LogP contribution in [0.1, 0.15) is 31.2 Å². The van der Waals surface area contributed by atoms with Gasteiger partial charge in [-0.1, -0.05) is 30.4 Å². The van der Waals surface area contributed by atoms with Gasteiger partial charge in [0.05, 0.1) is 7.11 Å². The van der Waals surface area contributed by atoms with Crippen LogP contribution < -0.4 is 4.90 Å². The predicted molar refractivity (Wildman–Crippen MR) is 77.6 cm³/mol. The molecule has 0 aromatic heterocycles. The lowest BCUT2D eigenvalue weighted by Crippen LogP contribution is -2.35. The quantitative estimate of drug-likeness (QED) is 0.626. The van der Waals surface area contributed by atoms with Crippen molar-refractivity contribution in [3.63, 3.8) is 0 Å². The number of hydrogen-bond donors (Lipinski definition) is 0. The van der Waals surface area contributed by atoms with Gasteiger partial charge in [0, 0.05) is 18.5 Å². The van der Waals surface area contributed by atoms with Gasteiger partial charge in [-0.2, -0.15) is 0 Å². The van der Waals surface area contributed by atoms with Crippen LogP contribution in [-0.2, 0) is 14.3 Å². The maximum Gasteiger partial charge on any atom is 0.325 e. The van der Waals surface area contributed by atoms with E-state index in [4.69, 9.17) is 0 Å². The molecule has 0 heterocycles. The highest BCUT2D eigenvalue weighted by Crippen LogP contribution is 2.34. The second kappa shape index (κ2) is 6.37. The molecule has 1 unspecified atom stereocenters. The first-order chi connectivity index (χ1) is 9.63. The molecule has 1 aliphatic rings. The van der Waals surface area contributed by atoms with Crippen molar-refractivity contribution in [1.82, 2.24) is 0 Å². The van der Waals surface area contributed by atoms with E-state index >= 15 is 0 Å². The fourth-order valence-corrected chi connectivity index (χ4v) is 2.50. The van der Waals surface area contributed by atoms with E-state index in [1.807, 2.05) is 24.3 Å². The van der Waals surface area contributed by atoms with Crippen molar-refractivity contribution in [1.29, 1.82) is 0 Å². The summed E-state index contributed by atoms with van der Waals surface area (Å²) in [5.41, 5.74) is 1.88. The Labute approximate surface area is 119 Å². The second-order valence-corrected chi connectivity index (χ2v) is 4.85. The summed E-state index contributed by atoms with van der Waals surface area (Å²) in [7, 11) is 1.33. The predicted octanol–water partition coefficient (Wildman–Crippen LogP) is 2.65. The van der Waals surface area contributed by atoms with Gasteiger partial charge in [-0.3, -0.25) is 9.59 Å². The molecule has 2 rings (SSSR count). The van der Waals surface area contributed by atoms with Crippen molar-refractivity contribution in [3.8, 4) is 0 Å². The maximum absolute atomic E-state index is 11.9. The monoisotopic (exact) mass is 273 g/mol. The van der Waals surface area contributed by atoms with E-state index in [0.717, 1.165) is 24.1 Å². The summed E-state index contributed by atoms with van der Waals surface area (Å²) in [4.78, 5) is 24.8. The molecule has 4 heteroatoms. The van der Waals surface area contributed by atoms with Crippen molar-refractivity contribution < 1.29 is 14.3 Å². The fourth-order valence-electron chi connectivity index (χ4n) is 2.50. The van der Waals surface area contributed by atoms with Gasteiger partial charge in [0.2, 0.25) is 5.91 Å². The van der Waals surface area contributed by atoms with Crippen molar-refractivity contribution in [2.75, 3.05) is 18.6 Å². The number of methoxy groups -OCH3 is 1. The number of allylic oxidation sites excluding steroid dienone is 2. The summed E-state index contributed by atoms with van der Waals surface area (Å²) in [6, 6.07) is 7.74. The average Bonchev–Trinajstić information content (AvgIpc) is 2.98. The number of carbonyl (C=O) groups excluding carboxylic acids is 2. The molecule has 0 bridgehead atoms. The summed E-state index contributed by atoms with van der Waals surface area (Å²) in [5, 5.41) is 0. The summed E-state index contributed by atoms with van der Waals surface area (Å²) >= 11 is 0. The van der Waals surface area contributed by atoms with Crippen molar-refractivity contribution in [2.45, 2.75) is 25.7 Å². The van der Waals surface area contributed by atoms with Gasteiger partial charge >= 0.3 is 5.97 Å². The Morgan fingerprint density at radius 3 is 2.70 bits per heavy atom. The van der Waals surface area contributed by atoms with Crippen LogP contribution >= 0.6 is 0 Å². The number of benzene rings is 1. The van der Waals surface area contributed by atoms with Crippen molar-refractivity contribution >= 4 is 17.6 Å². The van der Waals surface area contributed by atoms with Crippen LogP contribution in [0.25, 0.3) is 0 Å². The van der Waals surface area contributed by atoms with Gasteiger partial charge < -0.3 is 9.64 Å². The molecule has 1 aromatic rings. The number of esters is 1. The number of ether oxygens (including phenoxy) is 1. The lowest BCUT2D eigenvalue weighted by Gasteiger charge is -2.24. The van der Waals surface area contributed by atoms with Crippen molar-refractivity contribution in [2.24, 2.45) is 0 Å². The Morgan fingerprint density at radius 2 is 2.10 bits per heavy atom. The topological polar surface area (TPSA) is 46.6 Å². The highest BCUT2D eigenvalue weighted by Gasteiger charge is 2.22. The molecule has 0 N–H and O–H groups in total. The first kappa shape index (κ1) is 14.3. The molecule has 0 saturated carbocycles. The number of amides is 1. The van der Waals surface area contributed by atoms with E-state index in [1.54, 1.807) is 0 Å². The van der Waals surface area contributed by atoms with Gasteiger partial charge in [0.1, 0.15) is 6.54 Å². The normalized spacial score (nSPS) is 17.0. The zero-order valence-corrected chi connectivity index (χ0v) is 11.8. The van der Waals surface area contributed by atoms with Gasteiger partial charge in [-0.15, -0.1) is 0 Å². The van der Waals surface area contributed by atoms with Crippen molar-refractivity contribution in [3.05, 3.63) is 42.0 Å². The molecular weight excluding hydrogens is 254 g/mol. The van der Waals surface area contributed by atoms with Gasteiger partial charge in [0.25, 0.3) is 0 Å². The summed E-state index contributed by atoms with van der Waals surface area (Å²) in [5.74, 6) is -0.271. The zero-order chi connectivity index (χ0) is 14.5. The van der Waals surface area contributed by atoms with Crippen LogP contribution in [0.5, 0.6) is 0 Å². The van der Waals surface area contributed by atoms with Crippen LogP contribution in [0.2, 0.25) is 0 Å². The second-order valence-electron chi connectivity index (χ2n) is 4.85.